The van der Waals surface area contributed by atoms with Crippen molar-refractivity contribution in [1.29, 1.82) is 0 Å². The lowest BCUT2D eigenvalue weighted by molar-refractivity contribution is 0.174. The molecule has 1 aromatic heterocycles. The Bertz CT molecular complexity index is 875. The van der Waals surface area contributed by atoms with Gasteiger partial charge in [0.15, 0.2) is 0 Å². The average molecular weight is 369 g/mol. The van der Waals surface area contributed by atoms with E-state index in [1.54, 1.807) is 23.8 Å². The predicted octanol–water partition coefficient (Wildman–Crippen LogP) is 2.88. The molecule has 1 aliphatic rings. The van der Waals surface area contributed by atoms with Gasteiger partial charge in [0, 0.05) is 31.4 Å². The van der Waals surface area contributed by atoms with E-state index in [1.165, 1.54) is 5.56 Å². The van der Waals surface area contributed by atoms with Gasteiger partial charge in [0.1, 0.15) is 5.75 Å². The molecule has 144 valence electrons. The number of hydrogen-bond acceptors (Lipinski definition) is 3. The molecule has 6 heteroatoms. The Hall–Kier alpha value is -2.76. The monoisotopic (exact) mass is 369 g/mol. The molecule has 0 aliphatic carbocycles. The number of ether oxygens (including phenoxy) is 1. The Morgan fingerprint density at radius 2 is 2.11 bits per heavy atom. The van der Waals surface area contributed by atoms with Crippen molar-refractivity contribution < 1.29 is 9.53 Å². The molecule has 2 aromatic rings. The maximum absolute atomic E-state index is 12.6. The maximum atomic E-state index is 12.6. The number of nitrogens with one attached hydrogen (secondary N) is 1. The highest BCUT2D eigenvalue weighted by atomic mass is 16.5. The molecule has 6 nitrogen and oxygen atoms in total. The molecule has 27 heavy (non-hydrogen) atoms. The van der Waals surface area contributed by atoms with Gasteiger partial charge >= 0.3 is 6.03 Å². The van der Waals surface area contributed by atoms with Gasteiger partial charge in [0.25, 0.3) is 5.56 Å². The van der Waals surface area contributed by atoms with Crippen molar-refractivity contribution >= 4 is 6.03 Å². The molecule has 1 aromatic carbocycles. The molecule has 0 saturated heterocycles. The minimum absolute atomic E-state index is 0.00263. The van der Waals surface area contributed by atoms with Gasteiger partial charge in [-0.2, -0.15) is 0 Å². The standard InChI is InChI=1S/C21H27N3O3/c1-15-6-4-7-20(25)23(15)12-5-11-22-21(26)24-13-10-17-8-9-18(27-3)14-19(17)16(24)2/h4,6-9,14,16H,5,10-13H2,1-3H3,(H,22,26). The number of aromatic nitrogens is 1. The van der Waals surface area contributed by atoms with Crippen LogP contribution in [-0.2, 0) is 13.0 Å². The van der Waals surface area contributed by atoms with Gasteiger partial charge < -0.3 is 19.5 Å². The Balaban J connectivity index is 1.56. The summed E-state index contributed by atoms with van der Waals surface area (Å²) < 4.78 is 7.05. The van der Waals surface area contributed by atoms with E-state index in [9.17, 15) is 9.59 Å². The first-order valence-corrected chi connectivity index (χ1v) is 9.39. The molecule has 0 saturated carbocycles. The second-order valence-corrected chi connectivity index (χ2v) is 6.93. The third-order valence-electron chi connectivity index (χ3n) is 5.26. The number of hydrogen-bond donors (Lipinski definition) is 1. The molecule has 0 radical (unpaired) electrons. The fourth-order valence-electron chi connectivity index (χ4n) is 3.64. The predicted molar refractivity (Wildman–Crippen MR) is 105 cm³/mol. The molecule has 2 amide bonds. The summed E-state index contributed by atoms with van der Waals surface area (Å²) in [5.41, 5.74) is 3.34. The summed E-state index contributed by atoms with van der Waals surface area (Å²) in [6.45, 7) is 5.80. The third kappa shape index (κ3) is 4.15. The zero-order chi connectivity index (χ0) is 19.4. The number of aryl methyl sites for hydroxylation is 1. The summed E-state index contributed by atoms with van der Waals surface area (Å²) in [5, 5.41) is 2.99. The number of amides is 2. The van der Waals surface area contributed by atoms with E-state index in [1.807, 2.05) is 36.9 Å². The number of carbonyl (C=O) groups excluding carboxylic acids is 1. The van der Waals surface area contributed by atoms with E-state index >= 15 is 0 Å². The van der Waals surface area contributed by atoms with Crippen molar-refractivity contribution in [3.05, 3.63) is 63.6 Å². The van der Waals surface area contributed by atoms with E-state index in [0.29, 0.717) is 26.1 Å². The van der Waals surface area contributed by atoms with Crippen molar-refractivity contribution in [2.24, 2.45) is 0 Å². The lowest BCUT2D eigenvalue weighted by Crippen LogP contribution is -2.45. The number of carbonyl (C=O) groups is 1. The highest BCUT2D eigenvalue weighted by Crippen LogP contribution is 2.32. The number of rotatable bonds is 5. The van der Waals surface area contributed by atoms with Crippen LogP contribution in [0.3, 0.4) is 0 Å². The van der Waals surface area contributed by atoms with Crippen molar-refractivity contribution in [1.82, 2.24) is 14.8 Å². The topological polar surface area (TPSA) is 63.6 Å². The zero-order valence-corrected chi connectivity index (χ0v) is 16.2. The second-order valence-electron chi connectivity index (χ2n) is 6.93. The Morgan fingerprint density at radius 3 is 2.85 bits per heavy atom. The van der Waals surface area contributed by atoms with E-state index in [4.69, 9.17) is 4.74 Å². The van der Waals surface area contributed by atoms with Crippen LogP contribution >= 0.6 is 0 Å². The van der Waals surface area contributed by atoms with E-state index < -0.39 is 0 Å². The van der Waals surface area contributed by atoms with Crippen LogP contribution in [0.15, 0.2) is 41.2 Å². The summed E-state index contributed by atoms with van der Waals surface area (Å²) in [6.07, 6.45) is 1.55. The molecule has 1 N–H and O–H groups in total. The van der Waals surface area contributed by atoms with E-state index in [2.05, 4.69) is 11.4 Å². The normalized spacial score (nSPS) is 16.0. The van der Waals surface area contributed by atoms with Crippen molar-refractivity contribution in [2.45, 2.75) is 39.3 Å². The van der Waals surface area contributed by atoms with E-state index in [0.717, 1.165) is 23.4 Å². The zero-order valence-electron chi connectivity index (χ0n) is 16.2. The summed E-state index contributed by atoms with van der Waals surface area (Å²) in [4.78, 5) is 26.4. The smallest absolute Gasteiger partial charge is 0.317 e. The maximum Gasteiger partial charge on any atom is 0.317 e. The van der Waals surface area contributed by atoms with Crippen LogP contribution in [0.5, 0.6) is 5.75 Å². The highest BCUT2D eigenvalue weighted by Gasteiger charge is 2.27. The van der Waals surface area contributed by atoms with Gasteiger partial charge in [-0.3, -0.25) is 4.79 Å². The van der Waals surface area contributed by atoms with Gasteiger partial charge in [-0.05, 0) is 56.0 Å². The van der Waals surface area contributed by atoms with Gasteiger partial charge in [0.2, 0.25) is 0 Å². The van der Waals surface area contributed by atoms with Gasteiger partial charge in [-0.25, -0.2) is 4.79 Å². The van der Waals surface area contributed by atoms with Crippen LogP contribution in [0.2, 0.25) is 0 Å². The first-order valence-electron chi connectivity index (χ1n) is 9.39. The van der Waals surface area contributed by atoms with Gasteiger partial charge in [-0.15, -0.1) is 0 Å². The van der Waals surface area contributed by atoms with E-state index in [-0.39, 0.29) is 17.6 Å². The molecule has 0 fully saturated rings. The van der Waals surface area contributed by atoms with Crippen LogP contribution in [0.25, 0.3) is 0 Å². The number of pyridine rings is 1. The second kappa shape index (κ2) is 8.29. The molecule has 0 spiro atoms. The number of fused-ring (bicyclic) bond motifs is 1. The van der Waals surface area contributed by atoms with Gasteiger partial charge in [-0.1, -0.05) is 12.1 Å². The average Bonchev–Trinajstić information content (AvgIpc) is 2.67. The summed E-state index contributed by atoms with van der Waals surface area (Å²) in [7, 11) is 1.65. The quantitative estimate of drug-likeness (QED) is 0.825. The molecule has 3 rings (SSSR count). The van der Waals surface area contributed by atoms with Crippen LogP contribution in [0.1, 0.15) is 36.2 Å². The molecule has 1 atom stereocenters. The number of nitrogens with zero attached hydrogens (tertiary/aromatic N) is 2. The van der Waals surface area contributed by atoms with Crippen molar-refractivity contribution in [2.75, 3.05) is 20.2 Å². The molecule has 0 bridgehead atoms. The third-order valence-corrected chi connectivity index (χ3v) is 5.26. The molecule has 2 heterocycles. The summed E-state index contributed by atoms with van der Waals surface area (Å²) in [5.74, 6) is 0.812. The number of benzene rings is 1. The fraction of sp³-hybridized carbons (Fsp3) is 0.429. The molecular weight excluding hydrogens is 342 g/mol. The minimum atomic E-state index is -0.0619. The Morgan fingerprint density at radius 1 is 1.30 bits per heavy atom. The SMILES string of the molecule is COc1ccc2c(c1)C(C)N(C(=O)NCCCn1c(C)cccc1=O)CC2. The highest BCUT2D eigenvalue weighted by molar-refractivity contribution is 5.75. The minimum Gasteiger partial charge on any atom is -0.497 e. The van der Waals surface area contributed by atoms with Crippen LogP contribution in [0.4, 0.5) is 4.79 Å². The molecular formula is C21H27N3O3. The lowest BCUT2D eigenvalue weighted by Gasteiger charge is -2.35. The van der Waals surface area contributed by atoms with Crippen LogP contribution < -0.4 is 15.6 Å². The summed E-state index contributed by atoms with van der Waals surface area (Å²) in [6, 6.07) is 11.3. The molecule has 1 aliphatic heterocycles. The van der Waals surface area contributed by atoms with Crippen molar-refractivity contribution in [3.8, 4) is 5.75 Å². The first kappa shape index (κ1) is 19.0. The lowest BCUT2D eigenvalue weighted by atomic mass is 9.93. The largest absolute Gasteiger partial charge is 0.497 e. The fourth-order valence-corrected chi connectivity index (χ4v) is 3.64. The van der Waals surface area contributed by atoms with Crippen molar-refractivity contribution in [3.63, 3.8) is 0 Å². The molecule has 1 unspecified atom stereocenters. The van der Waals surface area contributed by atoms with Crippen LogP contribution in [0, 0.1) is 6.92 Å². The number of methoxy groups -OCH3 is 1. The Kier molecular flexibility index (Phi) is 5.84. The van der Waals surface area contributed by atoms with Gasteiger partial charge in [0.05, 0.1) is 13.2 Å². The summed E-state index contributed by atoms with van der Waals surface area (Å²) >= 11 is 0. The number of urea groups is 1. The Labute approximate surface area is 159 Å². The first-order chi connectivity index (χ1) is 13.0. The van der Waals surface area contributed by atoms with Crippen LogP contribution in [-0.4, -0.2) is 35.7 Å².